The Morgan fingerprint density at radius 2 is 2.09 bits per heavy atom. The van der Waals surface area contributed by atoms with Crippen LogP contribution in [0.5, 0.6) is 0 Å². The van der Waals surface area contributed by atoms with Gasteiger partial charge in [0.05, 0.1) is 13.8 Å². The minimum Gasteiger partial charge on any atom is -0.556 e. The maximum atomic E-state index is 5.44. The molecular weight excluding hydrogens is 168 g/mol. The zero-order valence-electron chi connectivity index (χ0n) is 7.77. The molecule has 0 aromatic rings. The van der Waals surface area contributed by atoms with E-state index >= 15 is 0 Å². The van der Waals surface area contributed by atoms with Crippen LogP contribution in [0.3, 0.4) is 0 Å². The molecule has 0 N–H and O–H groups in total. The number of allylic oxidation sites excluding steroid dienone is 3. The molecule has 0 radical (unpaired) electrons. The Kier molecular flexibility index (Phi) is 2.39. The number of rotatable bonds is 2. The van der Waals surface area contributed by atoms with Gasteiger partial charge in [0.25, 0.3) is 0 Å². The van der Waals surface area contributed by atoms with E-state index in [1.54, 1.807) is 0 Å². The molecule has 62 valence electrons. The van der Waals surface area contributed by atoms with Gasteiger partial charge in [0.15, 0.2) is 0 Å². The second-order valence-electron chi connectivity index (χ2n) is 3.90. The summed E-state index contributed by atoms with van der Waals surface area (Å²) in [5.74, 6) is 1.25. The van der Waals surface area contributed by atoms with Crippen molar-refractivity contribution in [2.24, 2.45) is 0 Å². The topological polar surface area (TPSA) is 9.23 Å². The van der Waals surface area contributed by atoms with Crippen molar-refractivity contribution in [2.45, 2.75) is 26.1 Å². The van der Waals surface area contributed by atoms with Crippen LogP contribution in [-0.2, 0) is 4.43 Å². The highest BCUT2D eigenvalue weighted by atomic mass is 28.3. The van der Waals surface area contributed by atoms with Gasteiger partial charge < -0.3 is 4.43 Å². The lowest BCUT2D eigenvalue weighted by atomic mass is 10.4. The van der Waals surface area contributed by atoms with Gasteiger partial charge in [0, 0.05) is 6.42 Å². The molecule has 0 saturated carbocycles. The first-order valence-electron chi connectivity index (χ1n) is 4.00. The first kappa shape index (κ1) is 8.81. The van der Waals surface area contributed by atoms with E-state index in [2.05, 4.69) is 31.8 Å². The van der Waals surface area contributed by atoms with Crippen molar-refractivity contribution in [2.75, 3.05) is 0 Å². The third-order valence-electron chi connectivity index (χ3n) is 1.94. The molecule has 0 aliphatic heterocycles. The van der Waals surface area contributed by atoms with Gasteiger partial charge in [-0.15, -0.1) is 0 Å². The largest absolute Gasteiger partial charge is 0.556 e. The average Bonchev–Trinajstić information content (AvgIpc) is 2.31. The van der Waals surface area contributed by atoms with Crippen LogP contribution in [-0.4, -0.2) is 18.6 Å². The summed E-state index contributed by atoms with van der Waals surface area (Å²) in [4.78, 5) is 0. The summed E-state index contributed by atoms with van der Waals surface area (Å²) < 4.78 is 5.44. The maximum Gasteiger partial charge on any atom is 0.203 e. The minimum atomic E-state index is -1.12. The summed E-state index contributed by atoms with van der Waals surface area (Å²) in [6.07, 6.45) is 5.49. The highest BCUT2D eigenvalue weighted by Gasteiger charge is 2.23. The van der Waals surface area contributed by atoms with Crippen molar-refractivity contribution in [3.05, 3.63) is 23.1 Å². The fraction of sp³-hybridized carbons (Fsp3) is 0.500. The Labute approximate surface area is 72.7 Å². The maximum absolute atomic E-state index is 5.44. The Balaban J connectivity index is 2.91. The molecule has 0 fully saturated rings. The summed E-state index contributed by atoms with van der Waals surface area (Å²) in [5, 5.41) is 1.51. The van der Waals surface area contributed by atoms with Crippen LogP contribution in [0.1, 0.15) is 6.42 Å². The molecular formula is C8H16OSi2. The molecule has 0 saturated heterocycles. The van der Waals surface area contributed by atoms with Gasteiger partial charge in [-0.05, 0) is 5.20 Å². The van der Waals surface area contributed by atoms with Crippen molar-refractivity contribution in [1.29, 1.82) is 0 Å². The lowest BCUT2D eigenvalue weighted by Gasteiger charge is -2.18. The van der Waals surface area contributed by atoms with Crippen LogP contribution in [0, 0.1) is 0 Å². The van der Waals surface area contributed by atoms with Gasteiger partial charge in [-0.2, -0.15) is 0 Å². The zero-order chi connectivity index (χ0) is 8.48. The zero-order valence-corrected chi connectivity index (χ0v) is 10.8. The molecule has 0 spiro atoms. The van der Waals surface area contributed by atoms with Gasteiger partial charge in [-0.1, -0.05) is 31.8 Å². The molecule has 1 aliphatic rings. The van der Waals surface area contributed by atoms with Crippen molar-refractivity contribution in [1.82, 2.24) is 0 Å². The van der Waals surface area contributed by atoms with Crippen LogP contribution in [0.4, 0.5) is 0 Å². The Morgan fingerprint density at radius 1 is 1.45 bits per heavy atom. The molecule has 0 atom stereocenters. The molecule has 0 unspecified atom stereocenters. The second kappa shape index (κ2) is 2.99. The van der Waals surface area contributed by atoms with Gasteiger partial charge in [-0.3, -0.25) is 0 Å². The van der Waals surface area contributed by atoms with Crippen LogP contribution in [0.15, 0.2) is 23.1 Å². The van der Waals surface area contributed by atoms with Crippen LogP contribution >= 0.6 is 0 Å². The van der Waals surface area contributed by atoms with Crippen molar-refractivity contribution >= 4 is 18.6 Å². The molecule has 0 bridgehead atoms. The SMILES string of the molecule is C[Si](C)(C)C1=C(O[SiH3])CC=C1. The van der Waals surface area contributed by atoms with Crippen LogP contribution in [0.2, 0.25) is 19.6 Å². The standard InChI is InChI=1S/C8H16OSi2/c1-11(2,3)8-6-4-5-7(8)9-10/h4,6H,5H2,1-3,10H3. The molecule has 1 rings (SSSR count). The molecule has 1 aliphatic carbocycles. The molecule has 0 aromatic heterocycles. The first-order chi connectivity index (χ1) is 5.05. The molecule has 11 heavy (non-hydrogen) atoms. The van der Waals surface area contributed by atoms with E-state index < -0.39 is 8.07 Å². The summed E-state index contributed by atoms with van der Waals surface area (Å²) in [7, 11) is -0.290. The van der Waals surface area contributed by atoms with E-state index in [0.717, 1.165) is 16.9 Å². The quantitative estimate of drug-likeness (QED) is 0.589. The fourth-order valence-electron chi connectivity index (χ4n) is 1.35. The lowest BCUT2D eigenvalue weighted by molar-refractivity contribution is 0.460. The first-order valence-corrected chi connectivity index (χ1v) is 8.31. The Morgan fingerprint density at radius 3 is 2.45 bits per heavy atom. The van der Waals surface area contributed by atoms with Crippen LogP contribution in [0.25, 0.3) is 0 Å². The minimum absolute atomic E-state index is 0.828. The molecule has 0 aromatic carbocycles. The highest BCUT2D eigenvalue weighted by Crippen LogP contribution is 2.27. The van der Waals surface area contributed by atoms with E-state index in [-0.39, 0.29) is 0 Å². The fourth-order valence-corrected chi connectivity index (χ4v) is 3.60. The number of hydrogen-bond acceptors (Lipinski definition) is 1. The smallest absolute Gasteiger partial charge is 0.203 e. The van der Waals surface area contributed by atoms with E-state index in [9.17, 15) is 0 Å². The van der Waals surface area contributed by atoms with Crippen molar-refractivity contribution in [3.8, 4) is 0 Å². The van der Waals surface area contributed by atoms with E-state index in [1.165, 1.54) is 11.0 Å². The summed E-state index contributed by atoms with van der Waals surface area (Å²) >= 11 is 0. The van der Waals surface area contributed by atoms with E-state index in [1.807, 2.05) is 0 Å². The molecule has 3 heteroatoms. The Hall–Kier alpha value is -0.286. The molecule has 0 amide bonds. The average molecular weight is 184 g/mol. The van der Waals surface area contributed by atoms with Gasteiger partial charge in [-0.25, -0.2) is 0 Å². The predicted molar refractivity (Wildman–Crippen MR) is 55.2 cm³/mol. The van der Waals surface area contributed by atoms with E-state index in [4.69, 9.17) is 4.43 Å². The third-order valence-corrected chi connectivity index (χ3v) is 4.50. The lowest BCUT2D eigenvalue weighted by Crippen LogP contribution is -2.23. The highest BCUT2D eigenvalue weighted by molar-refractivity contribution is 6.83. The van der Waals surface area contributed by atoms with Gasteiger partial charge in [0.1, 0.15) is 0 Å². The second-order valence-corrected chi connectivity index (χ2v) is 9.34. The van der Waals surface area contributed by atoms with Crippen molar-refractivity contribution < 1.29 is 4.43 Å². The summed E-state index contributed by atoms with van der Waals surface area (Å²) in [5.41, 5.74) is 0. The molecule has 0 heterocycles. The Bertz CT molecular complexity index is 211. The summed E-state index contributed by atoms with van der Waals surface area (Å²) in [6.45, 7) is 7.08. The molecule has 1 nitrogen and oxygen atoms in total. The monoisotopic (exact) mass is 184 g/mol. The predicted octanol–water partition coefficient (Wildman–Crippen LogP) is 1.37. The summed E-state index contributed by atoms with van der Waals surface area (Å²) in [6, 6.07) is 0. The van der Waals surface area contributed by atoms with Gasteiger partial charge in [0.2, 0.25) is 10.5 Å². The van der Waals surface area contributed by atoms with Gasteiger partial charge >= 0.3 is 0 Å². The number of hydrogen-bond donors (Lipinski definition) is 0. The third kappa shape index (κ3) is 1.84. The van der Waals surface area contributed by atoms with E-state index in [0.29, 0.717) is 0 Å². The van der Waals surface area contributed by atoms with Crippen LogP contribution < -0.4 is 0 Å². The van der Waals surface area contributed by atoms with Crippen molar-refractivity contribution in [3.63, 3.8) is 0 Å². The normalized spacial score (nSPS) is 18.1.